The lowest BCUT2D eigenvalue weighted by Gasteiger charge is -2.13. The number of hydrogen-bond donors (Lipinski definition) is 2. The van der Waals surface area contributed by atoms with Crippen LogP contribution in [0.5, 0.6) is 0 Å². The smallest absolute Gasteiger partial charge is 0.190 e. The average molecular weight is 486 g/mol. The third kappa shape index (κ3) is 8.06. The van der Waals surface area contributed by atoms with Crippen molar-refractivity contribution < 1.29 is 13.9 Å². The van der Waals surface area contributed by atoms with E-state index in [4.69, 9.17) is 21.1 Å². The Bertz CT molecular complexity index is 522. The Hall–Kier alpha value is -0.640. The molecule has 0 saturated carbocycles. The van der Waals surface area contributed by atoms with Gasteiger partial charge in [-0.2, -0.15) is 0 Å². The summed E-state index contributed by atoms with van der Waals surface area (Å²) in [6.45, 7) is 3.51. The minimum absolute atomic E-state index is 0. The van der Waals surface area contributed by atoms with Crippen LogP contribution in [0.4, 0.5) is 4.39 Å². The number of guanidine groups is 1. The zero-order valence-corrected chi connectivity index (χ0v) is 17.5. The van der Waals surface area contributed by atoms with Crippen molar-refractivity contribution in [3.8, 4) is 0 Å². The third-order valence-electron chi connectivity index (χ3n) is 3.81. The minimum atomic E-state index is -0.278. The van der Waals surface area contributed by atoms with Crippen molar-refractivity contribution in [2.24, 2.45) is 4.99 Å². The van der Waals surface area contributed by atoms with Crippen molar-refractivity contribution in [2.45, 2.75) is 25.4 Å². The lowest BCUT2D eigenvalue weighted by atomic mass is 10.1. The first-order chi connectivity index (χ1) is 11.7. The van der Waals surface area contributed by atoms with Crippen molar-refractivity contribution in [1.29, 1.82) is 0 Å². The maximum Gasteiger partial charge on any atom is 0.190 e. The molecule has 25 heavy (non-hydrogen) atoms. The van der Waals surface area contributed by atoms with Crippen molar-refractivity contribution in [1.82, 2.24) is 10.6 Å². The monoisotopic (exact) mass is 485 g/mol. The van der Waals surface area contributed by atoms with E-state index in [1.165, 1.54) is 6.07 Å². The van der Waals surface area contributed by atoms with Crippen molar-refractivity contribution in [3.63, 3.8) is 0 Å². The van der Waals surface area contributed by atoms with Gasteiger partial charge in [0.05, 0.1) is 12.7 Å². The van der Waals surface area contributed by atoms with Gasteiger partial charge in [-0.25, -0.2) is 4.39 Å². The molecule has 0 bridgehead atoms. The highest BCUT2D eigenvalue weighted by molar-refractivity contribution is 14.0. The molecule has 0 aromatic heterocycles. The van der Waals surface area contributed by atoms with E-state index in [2.05, 4.69) is 15.6 Å². The van der Waals surface area contributed by atoms with Gasteiger partial charge in [0.15, 0.2) is 5.96 Å². The van der Waals surface area contributed by atoms with E-state index >= 15 is 0 Å². The second-order valence-electron chi connectivity index (χ2n) is 5.59. The summed E-state index contributed by atoms with van der Waals surface area (Å²) in [5.41, 5.74) is 0.523. The van der Waals surface area contributed by atoms with Crippen LogP contribution in [-0.4, -0.2) is 52.0 Å². The van der Waals surface area contributed by atoms with E-state index in [9.17, 15) is 4.39 Å². The Kier molecular flexibility index (Phi) is 11.4. The van der Waals surface area contributed by atoms with Crippen LogP contribution >= 0.6 is 35.6 Å². The number of halogens is 3. The van der Waals surface area contributed by atoms with Crippen LogP contribution in [0.1, 0.15) is 18.4 Å². The van der Waals surface area contributed by atoms with Gasteiger partial charge in [0, 0.05) is 43.9 Å². The number of hydrogen-bond acceptors (Lipinski definition) is 3. The van der Waals surface area contributed by atoms with E-state index in [0.717, 1.165) is 26.0 Å². The first-order valence-electron chi connectivity index (χ1n) is 8.27. The fourth-order valence-electron chi connectivity index (χ4n) is 2.47. The van der Waals surface area contributed by atoms with Gasteiger partial charge in [0.25, 0.3) is 0 Å². The van der Waals surface area contributed by atoms with Gasteiger partial charge in [-0.15, -0.1) is 24.0 Å². The molecule has 142 valence electrons. The number of nitrogens with one attached hydrogen (secondary N) is 2. The lowest BCUT2D eigenvalue weighted by molar-refractivity contribution is 0.0420. The Morgan fingerprint density at radius 1 is 1.40 bits per heavy atom. The van der Waals surface area contributed by atoms with Crippen LogP contribution in [0.3, 0.4) is 0 Å². The summed E-state index contributed by atoms with van der Waals surface area (Å²) in [5, 5.41) is 6.82. The molecule has 1 aromatic rings. The van der Waals surface area contributed by atoms with E-state index in [-0.39, 0.29) is 35.9 Å². The molecule has 1 aromatic carbocycles. The highest BCUT2D eigenvalue weighted by atomic mass is 127. The summed E-state index contributed by atoms with van der Waals surface area (Å²) in [6, 6.07) is 4.72. The molecule has 1 aliphatic rings. The molecule has 0 amide bonds. The summed E-state index contributed by atoms with van der Waals surface area (Å²) in [4.78, 5) is 4.15. The molecule has 0 spiro atoms. The predicted molar refractivity (Wildman–Crippen MR) is 110 cm³/mol. The molecular formula is C17H26ClFIN3O2. The topological polar surface area (TPSA) is 54.9 Å². The van der Waals surface area contributed by atoms with Crippen LogP contribution < -0.4 is 10.6 Å². The molecular weight excluding hydrogens is 460 g/mol. The summed E-state index contributed by atoms with van der Waals surface area (Å²) in [7, 11) is 1.71. The molecule has 0 aliphatic carbocycles. The Labute approximate surface area is 170 Å². The predicted octanol–water partition coefficient (Wildman–Crippen LogP) is 3.00. The van der Waals surface area contributed by atoms with Gasteiger partial charge in [-0.05, 0) is 31.4 Å². The van der Waals surface area contributed by atoms with E-state index in [1.807, 2.05) is 0 Å². The normalized spacial score (nSPS) is 17.2. The summed E-state index contributed by atoms with van der Waals surface area (Å²) < 4.78 is 24.7. The molecule has 1 unspecified atom stereocenters. The van der Waals surface area contributed by atoms with Gasteiger partial charge in [-0.3, -0.25) is 4.99 Å². The number of aliphatic imine (C=N–C) groups is 1. The highest BCUT2D eigenvalue weighted by Crippen LogP contribution is 2.18. The third-order valence-corrected chi connectivity index (χ3v) is 4.16. The van der Waals surface area contributed by atoms with Crippen molar-refractivity contribution in [3.05, 3.63) is 34.6 Å². The maximum atomic E-state index is 13.7. The Morgan fingerprint density at radius 2 is 2.20 bits per heavy atom. The fourth-order valence-corrected chi connectivity index (χ4v) is 2.73. The summed E-state index contributed by atoms with van der Waals surface area (Å²) in [5.74, 6) is 0.409. The van der Waals surface area contributed by atoms with Gasteiger partial charge < -0.3 is 20.1 Å². The van der Waals surface area contributed by atoms with Crippen LogP contribution in [0.15, 0.2) is 23.2 Å². The first kappa shape index (κ1) is 22.4. The molecule has 2 rings (SSSR count). The van der Waals surface area contributed by atoms with Crippen LogP contribution in [0.25, 0.3) is 0 Å². The largest absolute Gasteiger partial charge is 0.379 e. The fraction of sp³-hybridized carbons (Fsp3) is 0.588. The number of ether oxygens (including phenoxy) is 2. The van der Waals surface area contributed by atoms with Gasteiger partial charge in [0.2, 0.25) is 0 Å². The van der Waals surface area contributed by atoms with Crippen molar-refractivity contribution in [2.75, 3.05) is 40.0 Å². The number of nitrogens with zero attached hydrogens (tertiary/aromatic N) is 1. The molecule has 5 nitrogen and oxygen atoms in total. The minimum Gasteiger partial charge on any atom is -0.379 e. The molecule has 1 atom stereocenters. The summed E-state index contributed by atoms with van der Waals surface area (Å²) in [6.07, 6.45) is 2.61. The second-order valence-corrected chi connectivity index (χ2v) is 5.99. The molecule has 1 heterocycles. The zero-order chi connectivity index (χ0) is 17.2. The van der Waals surface area contributed by atoms with E-state index in [0.29, 0.717) is 42.7 Å². The second kappa shape index (κ2) is 12.7. The molecule has 2 N–H and O–H groups in total. The number of rotatable bonds is 8. The zero-order valence-electron chi connectivity index (χ0n) is 14.4. The maximum absolute atomic E-state index is 13.7. The number of benzene rings is 1. The van der Waals surface area contributed by atoms with E-state index in [1.54, 1.807) is 19.2 Å². The Balaban J connectivity index is 0.00000312. The van der Waals surface area contributed by atoms with Gasteiger partial charge in [0.1, 0.15) is 5.82 Å². The van der Waals surface area contributed by atoms with Crippen LogP contribution in [0, 0.1) is 5.82 Å². The van der Waals surface area contributed by atoms with Gasteiger partial charge in [-0.1, -0.05) is 17.7 Å². The first-order valence-corrected chi connectivity index (χ1v) is 8.65. The summed E-state index contributed by atoms with van der Waals surface area (Å²) >= 11 is 6.01. The SMILES string of the molecule is CN=C(NCCCOC1CCOC1)NCCc1c(F)cccc1Cl.I. The Morgan fingerprint density at radius 3 is 2.88 bits per heavy atom. The molecule has 1 aliphatic heterocycles. The standard InChI is InChI=1S/C17H25ClFN3O2.HI/c1-20-17(21-8-3-10-24-13-7-11-23-12-13)22-9-6-14-15(18)4-2-5-16(14)19;/h2,4-5,13H,3,6-12H2,1H3,(H2,20,21,22);1H. The molecule has 0 radical (unpaired) electrons. The van der Waals surface area contributed by atoms with Crippen LogP contribution in [-0.2, 0) is 15.9 Å². The quantitative estimate of drug-likeness (QED) is 0.257. The van der Waals surface area contributed by atoms with Crippen LogP contribution in [0.2, 0.25) is 5.02 Å². The molecule has 8 heteroatoms. The highest BCUT2D eigenvalue weighted by Gasteiger charge is 2.15. The molecule has 1 saturated heterocycles. The average Bonchev–Trinajstić information content (AvgIpc) is 3.08. The molecule has 1 fully saturated rings. The van der Waals surface area contributed by atoms with E-state index < -0.39 is 0 Å². The van der Waals surface area contributed by atoms with Gasteiger partial charge >= 0.3 is 0 Å². The van der Waals surface area contributed by atoms with Crippen molar-refractivity contribution >= 4 is 41.5 Å². The lowest BCUT2D eigenvalue weighted by Crippen LogP contribution is -2.39.